The Labute approximate surface area is 228 Å². The quantitative estimate of drug-likeness (QED) is 0.280. The number of hydrogen-bond donors (Lipinski definition) is 2. The van der Waals surface area contributed by atoms with E-state index in [1.807, 2.05) is 20.8 Å². The lowest BCUT2D eigenvalue weighted by molar-refractivity contribution is -0.118. The van der Waals surface area contributed by atoms with Crippen LogP contribution in [0.3, 0.4) is 0 Å². The molecule has 0 aromatic heterocycles. The third-order valence-corrected chi connectivity index (χ3v) is 6.32. The molecule has 0 unspecified atom stereocenters. The van der Waals surface area contributed by atoms with Gasteiger partial charge in [-0.2, -0.15) is 0 Å². The zero-order chi connectivity index (χ0) is 28.9. The molecule has 0 radical (unpaired) electrons. The van der Waals surface area contributed by atoms with E-state index in [9.17, 15) is 9.59 Å². The van der Waals surface area contributed by atoms with Gasteiger partial charge in [-0.3, -0.25) is 15.0 Å². The number of rotatable bonds is 13. The maximum Gasteiger partial charge on any atom is 0.217 e. The molecule has 2 aromatic rings. The number of primary amides is 1. The van der Waals surface area contributed by atoms with Crippen molar-refractivity contribution in [2.45, 2.75) is 59.4 Å². The Bertz CT molecular complexity index is 1250. The lowest BCUT2D eigenvalue weighted by Gasteiger charge is -2.25. The molecule has 3 N–H and O–H groups in total. The normalized spacial score (nSPS) is 12.8. The number of nitrogens with two attached hydrogens (primary N) is 1. The smallest absolute Gasteiger partial charge is 0.217 e. The predicted molar refractivity (Wildman–Crippen MR) is 146 cm³/mol. The van der Waals surface area contributed by atoms with Gasteiger partial charge in [-0.15, -0.1) is 0 Å². The molecule has 0 aliphatic carbocycles. The second-order valence-corrected chi connectivity index (χ2v) is 10.3. The number of amides is 1. The van der Waals surface area contributed by atoms with Gasteiger partial charge in [0.25, 0.3) is 0 Å². The molecule has 1 amide bonds. The van der Waals surface area contributed by atoms with Gasteiger partial charge in [0, 0.05) is 24.1 Å². The van der Waals surface area contributed by atoms with Crippen molar-refractivity contribution in [2.24, 2.45) is 5.73 Å². The first kappa shape index (κ1) is 29.7. The highest BCUT2D eigenvalue weighted by molar-refractivity contribution is 6.06. The molecule has 39 heavy (non-hydrogen) atoms. The molecule has 0 saturated heterocycles. The number of amidine groups is 1. The van der Waals surface area contributed by atoms with Crippen LogP contribution >= 0.6 is 0 Å². The molecule has 0 saturated carbocycles. The largest absolute Gasteiger partial charge is 0.493 e. The van der Waals surface area contributed by atoms with Crippen molar-refractivity contribution in [2.75, 3.05) is 33.5 Å². The fourth-order valence-corrected chi connectivity index (χ4v) is 4.49. The van der Waals surface area contributed by atoms with Crippen molar-refractivity contribution in [3.8, 4) is 23.0 Å². The molecular formula is C29H38FN3O6. The van der Waals surface area contributed by atoms with Gasteiger partial charge in [0.15, 0.2) is 34.6 Å². The Hall–Kier alpha value is -3.82. The number of ether oxygens (including phenoxy) is 4. The summed E-state index contributed by atoms with van der Waals surface area (Å²) in [7, 11) is 1.53. The maximum absolute atomic E-state index is 15.4. The van der Waals surface area contributed by atoms with E-state index < -0.39 is 11.7 Å². The molecule has 212 valence electrons. The number of ketones is 1. The number of benzene rings is 2. The van der Waals surface area contributed by atoms with Gasteiger partial charge >= 0.3 is 0 Å². The minimum Gasteiger partial charge on any atom is -0.493 e. The highest BCUT2D eigenvalue weighted by Crippen LogP contribution is 2.41. The first-order chi connectivity index (χ1) is 18.4. The van der Waals surface area contributed by atoms with Gasteiger partial charge < -0.3 is 29.6 Å². The topological polar surface area (TPSA) is 124 Å². The molecule has 2 aromatic carbocycles. The number of methoxy groups -OCH3 is 1. The van der Waals surface area contributed by atoms with Crippen LogP contribution in [0, 0.1) is 11.2 Å². The molecule has 0 spiro atoms. The zero-order valence-electron chi connectivity index (χ0n) is 23.5. The van der Waals surface area contributed by atoms with E-state index in [2.05, 4.69) is 0 Å². The van der Waals surface area contributed by atoms with Crippen LogP contribution in [0.5, 0.6) is 23.0 Å². The van der Waals surface area contributed by atoms with Crippen LogP contribution in [0.4, 0.5) is 4.39 Å². The Morgan fingerprint density at radius 3 is 2.31 bits per heavy atom. The van der Waals surface area contributed by atoms with Crippen molar-refractivity contribution in [3.63, 3.8) is 0 Å². The number of nitrogens with one attached hydrogen (secondary N) is 1. The van der Waals surface area contributed by atoms with E-state index in [1.165, 1.54) is 12.0 Å². The Kier molecular flexibility index (Phi) is 9.42. The molecule has 1 aliphatic heterocycles. The van der Waals surface area contributed by atoms with Crippen LogP contribution in [0.25, 0.3) is 0 Å². The SMILES string of the molecule is CCOc1cc2c(c(F)c1OCC)C(=N)N(CC(=O)c1cc(OCCCC(N)=O)c(OC)c(C(C)(C)C)c1)C2. The van der Waals surface area contributed by atoms with Gasteiger partial charge in [-0.1, -0.05) is 20.8 Å². The predicted octanol–water partition coefficient (Wildman–Crippen LogP) is 4.60. The van der Waals surface area contributed by atoms with Crippen molar-refractivity contribution in [3.05, 3.63) is 46.3 Å². The summed E-state index contributed by atoms with van der Waals surface area (Å²) in [5, 5.41) is 8.64. The van der Waals surface area contributed by atoms with E-state index in [0.717, 1.165) is 5.56 Å². The fraction of sp³-hybridized carbons (Fsp3) is 0.483. The standard InChI is InChI=1S/C29H38FN3O6/c1-7-37-22-14-18-15-33(28(32)24(18)25(30)27(22)38-8-2)16-20(34)17-12-19(29(3,4)5)26(36-6)21(13-17)39-11-9-10-23(31)35/h12-14,32H,7-11,15-16H2,1-6H3,(H2,31,35). The van der Waals surface area contributed by atoms with Crippen LogP contribution < -0.4 is 24.7 Å². The summed E-state index contributed by atoms with van der Waals surface area (Å²) in [5.41, 5.74) is 6.66. The van der Waals surface area contributed by atoms with E-state index in [0.29, 0.717) is 35.7 Å². The molecule has 1 heterocycles. The molecule has 0 fully saturated rings. The summed E-state index contributed by atoms with van der Waals surface area (Å²) in [4.78, 5) is 26.2. The van der Waals surface area contributed by atoms with Gasteiger partial charge in [-0.05, 0) is 49.4 Å². The molecular weight excluding hydrogens is 505 g/mol. The Balaban J connectivity index is 1.91. The minimum absolute atomic E-state index is 0.0286. The summed E-state index contributed by atoms with van der Waals surface area (Å²) in [6, 6.07) is 5.05. The molecule has 0 atom stereocenters. The lowest BCUT2D eigenvalue weighted by atomic mass is 9.84. The monoisotopic (exact) mass is 543 g/mol. The average molecular weight is 544 g/mol. The van der Waals surface area contributed by atoms with Gasteiger partial charge in [0.05, 0.1) is 39.0 Å². The zero-order valence-corrected chi connectivity index (χ0v) is 23.5. The second-order valence-electron chi connectivity index (χ2n) is 10.3. The molecule has 9 nitrogen and oxygen atoms in total. The Morgan fingerprint density at radius 2 is 1.72 bits per heavy atom. The fourth-order valence-electron chi connectivity index (χ4n) is 4.49. The lowest BCUT2D eigenvalue weighted by Crippen LogP contribution is -2.30. The van der Waals surface area contributed by atoms with Crippen molar-refractivity contribution in [1.82, 2.24) is 4.90 Å². The molecule has 0 bridgehead atoms. The minimum atomic E-state index is -0.663. The van der Waals surface area contributed by atoms with E-state index in [-0.39, 0.29) is 66.8 Å². The molecule has 1 aliphatic rings. The number of Topliss-reactive ketones (excluding diaryl/α,β-unsaturated/α-hetero) is 1. The third-order valence-electron chi connectivity index (χ3n) is 6.32. The first-order valence-corrected chi connectivity index (χ1v) is 13.0. The van der Waals surface area contributed by atoms with E-state index >= 15 is 4.39 Å². The summed E-state index contributed by atoms with van der Waals surface area (Å²) in [6.07, 6.45) is 0.598. The van der Waals surface area contributed by atoms with Crippen molar-refractivity contribution < 1.29 is 32.9 Å². The maximum atomic E-state index is 15.4. The molecule has 3 rings (SSSR count). The summed E-state index contributed by atoms with van der Waals surface area (Å²) < 4.78 is 38.0. The summed E-state index contributed by atoms with van der Waals surface area (Å²) >= 11 is 0. The number of halogens is 1. The molecule has 10 heteroatoms. The van der Waals surface area contributed by atoms with Crippen molar-refractivity contribution in [1.29, 1.82) is 5.41 Å². The van der Waals surface area contributed by atoms with E-state index in [1.54, 1.807) is 32.0 Å². The van der Waals surface area contributed by atoms with E-state index in [4.69, 9.17) is 30.1 Å². The summed E-state index contributed by atoms with van der Waals surface area (Å²) in [6.45, 7) is 10.4. The number of carbonyl (C=O) groups excluding carboxylic acids is 2. The van der Waals surface area contributed by atoms with Gasteiger partial charge in [0.2, 0.25) is 5.91 Å². The highest BCUT2D eigenvalue weighted by atomic mass is 19.1. The van der Waals surface area contributed by atoms with Crippen LogP contribution in [-0.4, -0.2) is 55.9 Å². The highest BCUT2D eigenvalue weighted by Gasteiger charge is 2.33. The Morgan fingerprint density at radius 1 is 1.05 bits per heavy atom. The number of hydrogen-bond acceptors (Lipinski definition) is 7. The van der Waals surface area contributed by atoms with Gasteiger partial charge in [0.1, 0.15) is 5.84 Å². The average Bonchev–Trinajstić information content (AvgIpc) is 3.17. The van der Waals surface area contributed by atoms with Crippen LogP contribution in [0.1, 0.15) is 74.5 Å². The van der Waals surface area contributed by atoms with Crippen LogP contribution in [0.2, 0.25) is 0 Å². The van der Waals surface area contributed by atoms with Gasteiger partial charge in [-0.25, -0.2) is 4.39 Å². The van der Waals surface area contributed by atoms with Crippen LogP contribution in [-0.2, 0) is 16.8 Å². The number of nitrogens with zero attached hydrogens (tertiary/aromatic N) is 1. The van der Waals surface area contributed by atoms with Crippen molar-refractivity contribution >= 4 is 17.5 Å². The number of carbonyl (C=O) groups is 2. The summed E-state index contributed by atoms with van der Waals surface area (Å²) in [5.74, 6) is -0.301. The first-order valence-electron chi connectivity index (χ1n) is 13.0. The van der Waals surface area contributed by atoms with Crippen LogP contribution in [0.15, 0.2) is 18.2 Å². The third kappa shape index (κ3) is 6.61. The number of fused-ring (bicyclic) bond motifs is 1. The second kappa shape index (κ2) is 12.4.